The fourth-order valence-corrected chi connectivity index (χ4v) is 8.26. The highest BCUT2D eigenvalue weighted by Gasteiger charge is 2.43. The summed E-state index contributed by atoms with van der Waals surface area (Å²) in [7, 11) is -3.96. The molecule has 3 fully saturated rings. The summed E-state index contributed by atoms with van der Waals surface area (Å²) in [5.41, 5.74) is 0.463. The zero-order valence-electron chi connectivity index (χ0n) is 25.1. The topological polar surface area (TPSA) is 159 Å². The van der Waals surface area contributed by atoms with Crippen LogP contribution in [0.3, 0.4) is 0 Å². The number of carboxylic acid groups (broad SMARTS) is 1. The van der Waals surface area contributed by atoms with Gasteiger partial charge in [0.25, 0.3) is 11.8 Å². The first-order valence-corrected chi connectivity index (χ1v) is 17.4. The summed E-state index contributed by atoms with van der Waals surface area (Å²) in [6, 6.07) is 8.51. The number of hydrogen-bond acceptors (Lipinski definition) is 9. The van der Waals surface area contributed by atoms with Crippen molar-refractivity contribution in [3.05, 3.63) is 53.3 Å². The van der Waals surface area contributed by atoms with Crippen molar-refractivity contribution in [2.24, 2.45) is 0 Å². The molecular formula is C31H36ClN5O8S. The molecule has 0 spiro atoms. The summed E-state index contributed by atoms with van der Waals surface area (Å²) in [5, 5.41) is 22.4. The molecule has 2 aromatic rings. The average molecular weight is 674 g/mol. The average Bonchev–Trinajstić information content (AvgIpc) is 3.57. The van der Waals surface area contributed by atoms with E-state index in [9.17, 15) is 37.8 Å². The summed E-state index contributed by atoms with van der Waals surface area (Å²) < 4.78 is 26.1. The van der Waals surface area contributed by atoms with Crippen molar-refractivity contribution in [1.82, 2.24) is 24.5 Å². The third-order valence-electron chi connectivity index (χ3n) is 9.24. The van der Waals surface area contributed by atoms with Crippen LogP contribution < -0.4 is 0 Å². The van der Waals surface area contributed by atoms with E-state index in [0.717, 1.165) is 18.2 Å². The molecule has 4 aliphatic heterocycles. The predicted molar refractivity (Wildman–Crippen MR) is 167 cm³/mol. The Morgan fingerprint density at radius 2 is 1.70 bits per heavy atom. The first-order chi connectivity index (χ1) is 21.9. The number of aliphatic carboxylic acids is 1. The lowest BCUT2D eigenvalue weighted by Gasteiger charge is -2.37. The normalized spacial score (nSPS) is 20.7. The van der Waals surface area contributed by atoms with E-state index >= 15 is 0 Å². The zero-order valence-corrected chi connectivity index (χ0v) is 26.7. The molecular weight excluding hydrogens is 638 g/mol. The summed E-state index contributed by atoms with van der Waals surface area (Å²) >= 11 is 6.01. The Bertz CT molecular complexity index is 1710. The van der Waals surface area contributed by atoms with E-state index < -0.39 is 39.6 Å². The molecule has 2 N–H and O–H groups in total. The Hall–Kier alpha value is -3.88. The second kappa shape index (κ2) is 12.7. The van der Waals surface area contributed by atoms with Crippen LogP contribution in [0.4, 0.5) is 0 Å². The number of aliphatic hydroxyl groups excluding tert-OH is 1. The van der Waals surface area contributed by atoms with Crippen LogP contribution >= 0.6 is 11.6 Å². The number of rotatable bonds is 9. The third-order valence-corrected chi connectivity index (χ3v) is 11.2. The number of fused-ring (bicyclic) bond motifs is 2. The Balaban J connectivity index is 1.02. The number of benzene rings is 2. The van der Waals surface area contributed by atoms with E-state index in [0.29, 0.717) is 55.3 Å². The molecule has 246 valence electrons. The van der Waals surface area contributed by atoms with Crippen LogP contribution in [-0.2, 0) is 29.0 Å². The van der Waals surface area contributed by atoms with Gasteiger partial charge >= 0.3 is 5.97 Å². The molecule has 2 aromatic carbocycles. The first kappa shape index (κ1) is 32.1. The van der Waals surface area contributed by atoms with Gasteiger partial charge in [-0.2, -0.15) is 0 Å². The molecule has 1 unspecified atom stereocenters. The highest BCUT2D eigenvalue weighted by atomic mass is 35.5. The van der Waals surface area contributed by atoms with Gasteiger partial charge in [-0.15, -0.1) is 0 Å². The lowest BCUT2D eigenvalue weighted by atomic mass is 10.0. The molecule has 3 saturated heterocycles. The quantitative estimate of drug-likeness (QED) is 0.397. The highest BCUT2D eigenvalue weighted by molar-refractivity contribution is 7.91. The number of sulfone groups is 1. The van der Waals surface area contributed by atoms with E-state index in [1.807, 2.05) is 4.90 Å². The second-order valence-corrected chi connectivity index (χ2v) is 14.8. The Morgan fingerprint density at radius 1 is 0.978 bits per heavy atom. The molecule has 4 aliphatic rings. The number of piperidine rings is 2. The Kier molecular flexibility index (Phi) is 8.87. The zero-order chi connectivity index (χ0) is 32.7. The minimum atomic E-state index is -3.96. The number of carboxylic acids is 1. The fraction of sp³-hybridized carbons (Fsp3) is 0.484. The maximum Gasteiger partial charge on any atom is 0.328 e. The minimum absolute atomic E-state index is 0.00677. The summed E-state index contributed by atoms with van der Waals surface area (Å²) in [5.74, 6) is -2.83. The van der Waals surface area contributed by atoms with Crippen LogP contribution in [0.2, 0.25) is 5.02 Å². The maximum atomic E-state index is 13.3. The SMILES string of the molecule is O=C(O)C(CN1C=C2C(=O)N(C3CCN(C(=O)[C@H](O)CS(=O)(=O)c4ccc5cc(Cl)ccc5c4)CC3)CN2C1)N1CCCCC1=O. The smallest absolute Gasteiger partial charge is 0.328 e. The van der Waals surface area contributed by atoms with Crippen molar-refractivity contribution in [2.75, 3.05) is 45.3 Å². The van der Waals surface area contributed by atoms with Crippen LogP contribution in [0.5, 0.6) is 0 Å². The standard InChI is InChI=1S/C31H36ClN5O8S/c32-22-6-4-21-14-24(7-5-20(21)13-22)46(44,45)17-27(38)30(41)34-11-8-23(9-12-34)37-19-35-18-33(15-25(35)29(37)40)16-26(31(42)43)36-10-2-1-3-28(36)39/h4-7,13-15,23,26-27,38H,1-3,8-12,16-19H2,(H,42,43)/t26?,27-/m1/s1. The van der Waals surface area contributed by atoms with Gasteiger partial charge in [0, 0.05) is 43.3 Å². The van der Waals surface area contributed by atoms with Crippen molar-refractivity contribution in [3.63, 3.8) is 0 Å². The molecule has 3 amide bonds. The summed E-state index contributed by atoms with van der Waals surface area (Å²) in [4.78, 5) is 58.9. The first-order valence-electron chi connectivity index (χ1n) is 15.3. The van der Waals surface area contributed by atoms with E-state index in [-0.39, 0.29) is 42.4 Å². The number of carbonyl (C=O) groups excluding carboxylic acids is 3. The van der Waals surface area contributed by atoms with Gasteiger partial charge in [0.05, 0.1) is 30.5 Å². The van der Waals surface area contributed by atoms with Crippen molar-refractivity contribution in [2.45, 2.75) is 55.2 Å². The molecule has 0 aliphatic carbocycles. The van der Waals surface area contributed by atoms with Gasteiger partial charge in [-0.25, -0.2) is 13.2 Å². The number of aliphatic hydroxyl groups is 1. The number of halogens is 1. The van der Waals surface area contributed by atoms with Gasteiger partial charge < -0.3 is 34.7 Å². The molecule has 0 bridgehead atoms. The summed E-state index contributed by atoms with van der Waals surface area (Å²) in [6.07, 6.45) is 2.72. The molecule has 4 heterocycles. The van der Waals surface area contributed by atoms with Gasteiger partial charge in [0.15, 0.2) is 9.84 Å². The molecule has 0 radical (unpaired) electrons. The molecule has 13 nitrogen and oxygen atoms in total. The molecule has 0 aromatic heterocycles. The number of nitrogens with zero attached hydrogens (tertiary/aromatic N) is 5. The van der Waals surface area contributed by atoms with Crippen molar-refractivity contribution in [3.8, 4) is 0 Å². The van der Waals surface area contributed by atoms with Crippen LogP contribution in [0.25, 0.3) is 10.8 Å². The van der Waals surface area contributed by atoms with Crippen LogP contribution in [-0.4, -0.2) is 130 Å². The molecule has 2 atom stereocenters. The van der Waals surface area contributed by atoms with E-state index in [1.54, 1.807) is 40.3 Å². The van der Waals surface area contributed by atoms with Gasteiger partial charge in [-0.1, -0.05) is 23.7 Å². The van der Waals surface area contributed by atoms with Gasteiger partial charge in [0.1, 0.15) is 17.8 Å². The van der Waals surface area contributed by atoms with Crippen molar-refractivity contribution >= 4 is 55.9 Å². The number of amides is 3. The minimum Gasteiger partial charge on any atom is -0.480 e. The van der Waals surface area contributed by atoms with Crippen LogP contribution in [0, 0.1) is 0 Å². The molecule has 0 saturated carbocycles. The summed E-state index contributed by atoms with van der Waals surface area (Å²) in [6.45, 7) is 1.66. The third kappa shape index (κ3) is 6.38. The Morgan fingerprint density at radius 3 is 2.39 bits per heavy atom. The molecule has 6 rings (SSSR count). The Labute approximate surface area is 271 Å². The van der Waals surface area contributed by atoms with Crippen LogP contribution in [0.15, 0.2) is 53.2 Å². The highest BCUT2D eigenvalue weighted by Crippen LogP contribution is 2.31. The van der Waals surface area contributed by atoms with Gasteiger partial charge in [-0.05, 0) is 60.7 Å². The fourth-order valence-electron chi connectivity index (χ4n) is 6.75. The van der Waals surface area contributed by atoms with E-state index in [1.165, 1.54) is 21.9 Å². The number of carbonyl (C=O) groups is 4. The van der Waals surface area contributed by atoms with Gasteiger partial charge in [-0.3, -0.25) is 14.4 Å². The van der Waals surface area contributed by atoms with Crippen molar-refractivity contribution < 1.29 is 37.8 Å². The molecule has 46 heavy (non-hydrogen) atoms. The lowest BCUT2D eigenvalue weighted by Crippen LogP contribution is -2.52. The number of likely N-dealkylation sites (tertiary alicyclic amines) is 2. The number of hydrogen-bond donors (Lipinski definition) is 2. The van der Waals surface area contributed by atoms with Gasteiger partial charge in [0.2, 0.25) is 5.91 Å². The van der Waals surface area contributed by atoms with Crippen molar-refractivity contribution in [1.29, 1.82) is 0 Å². The largest absolute Gasteiger partial charge is 0.480 e. The van der Waals surface area contributed by atoms with E-state index in [4.69, 9.17) is 11.6 Å². The second-order valence-electron chi connectivity index (χ2n) is 12.3. The maximum absolute atomic E-state index is 13.3. The lowest BCUT2D eigenvalue weighted by molar-refractivity contribution is -0.152. The molecule has 15 heteroatoms. The van der Waals surface area contributed by atoms with E-state index in [2.05, 4.69) is 0 Å². The van der Waals surface area contributed by atoms with Crippen LogP contribution in [0.1, 0.15) is 32.1 Å². The monoisotopic (exact) mass is 673 g/mol. The predicted octanol–water partition coefficient (Wildman–Crippen LogP) is 1.30.